The van der Waals surface area contributed by atoms with E-state index in [0.29, 0.717) is 35.4 Å². The number of carbonyl (C=O) groups is 1. The first kappa shape index (κ1) is 20.7. The van der Waals surface area contributed by atoms with Crippen molar-refractivity contribution in [1.29, 1.82) is 0 Å². The summed E-state index contributed by atoms with van der Waals surface area (Å²) in [6.45, 7) is 2.40. The first-order valence-electron chi connectivity index (χ1n) is 11.6. The lowest BCUT2D eigenvalue weighted by molar-refractivity contribution is 0.0980. The van der Waals surface area contributed by atoms with E-state index in [-0.39, 0.29) is 18.6 Å². The number of carbonyl (C=O) groups excluding carboxylic acids is 1. The van der Waals surface area contributed by atoms with Gasteiger partial charge in [0.05, 0.1) is 24.7 Å². The quantitative estimate of drug-likeness (QED) is 0.479. The molecular weight excluding hydrogens is 430 g/mol. The van der Waals surface area contributed by atoms with Crippen LogP contribution in [0.4, 0.5) is 5.82 Å². The standard InChI is InChI=1S/C25H25N7O2/c1-16(13-33)32-15-27-29-24(32)21-3-2-4-23(28-21)31-10-9-17-7-8-19(11-20(17)25(31)34)30-12-22(26-14-30)18-5-6-18/h2-4,7-8,11-12,14-16,18,33H,5-6,9-10,13H2,1H3. The number of nitrogens with zero attached hydrogens (tertiary/aromatic N) is 7. The van der Waals surface area contributed by atoms with Crippen LogP contribution >= 0.6 is 0 Å². The van der Waals surface area contributed by atoms with E-state index in [1.54, 1.807) is 15.8 Å². The highest BCUT2D eigenvalue weighted by Gasteiger charge is 2.28. The van der Waals surface area contributed by atoms with Crippen molar-refractivity contribution < 1.29 is 9.90 Å². The fraction of sp³-hybridized carbons (Fsp3) is 0.320. The summed E-state index contributed by atoms with van der Waals surface area (Å²) in [5.74, 6) is 1.64. The van der Waals surface area contributed by atoms with E-state index in [0.717, 1.165) is 23.4 Å². The van der Waals surface area contributed by atoms with Gasteiger partial charge in [-0.1, -0.05) is 12.1 Å². The Morgan fingerprint density at radius 2 is 2.06 bits per heavy atom. The number of hydrogen-bond donors (Lipinski definition) is 1. The zero-order valence-electron chi connectivity index (χ0n) is 18.9. The smallest absolute Gasteiger partial charge is 0.259 e. The predicted octanol–water partition coefficient (Wildman–Crippen LogP) is 3.16. The summed E-state index contributed by atoms with van der Waals surface area (Å²) in [5.41, 5.74) is 4.39. The largest absolute Gasteiger partial charge is 0.394 e. The van der Waals surface area contributed by atoms with Gasteiger partial charge in [0, 0.05) is 29.9 Å². The van der Waals surface area contributed by atoms with Gasteiger partial charge in [-0.2, -0.15) is 0 Å². The van der Waals surface area contributed by atoms with E-state index < -0.39 is 0 Å². The molecule has 1 aliphatic heterocycles. The van der Waals surface area contributed by atoms with E-state index in [4.69, 9.17) is 4.98 Å². The van der Waals surface area contributed by atoms with Crippen molar-refractivity contribution in [3.63, 3.8) is 0 Å². The number of imidazole rings is 1. The molecule has 1 aromatic carbocycles. The summed E-state index contributed by atoms with van der Waals surface area (Å²) < 4.78 is 3.78. The number of pyridine rings is 1. The van der Waals surface area contributed by atoms with Gasteiger partial charge in [0.1, 0.15) is 17.8 Å². The fourth-order valence-electron chi connectivity index (χ4n) is 4.44. The number of benzene rings is 1. The molecule has 4 aromatic rings. The molecule has 34 heavy (non-hydrogen) atoms. The highest BCUT2D eigenvalue weighted by atomic mass is 16.3. The predicted molar refractivity (Wildman–Crippen MR) is 126 cm³/mol. The van der Waals surface area contributed by atoms with Crippen molar-refractivity contribution >= 4 is 11.7 Å². The molecule has 1 N–H and O–H groups in total. The Morgan fingerprint density at radius 1 is 1.18 bits per heavy atom. The van der Waals surface area contributed by atoms with E-state index in [9.17, 15) is 9.90 Å². The molecule has 2 aliphatic rings. The Balaban J connectivity index is 1.31. The van der Waals surface area contributed by atoms with Crippen LogP contribution in [0.3, 0.4) is 0 Å². The maximum absolute atomic E-state index is 13.5. The molecule has 172 valence electrons. The molecule has 6 rings (SSSR count). The normalized spacial score (nSPS) is 16.5. The summed E-state index contributed by atoms with van der Waals surface area (Å²) in [6, 6.07) is 11.4. The Morgan fingerprint density at radius 3 is 2.88 bits per heavy atom. The minimum Gasteiger partial charge on any atom is -0.394 e. The summed E-state index contributed by atoms with van der Waals surface area (Å²) in [6.07, 6.45) is 8.64. The van der Waals surface area contributed by atoms with Crippen molar-refractivity contribution in [2.75, 3.05) is 18.1 Å². The number of aromatic nitrogens is 6. The van der Waals surface area contributed by atoms with Gasteiger partial charge in [0.15, 0.2) is 5.82 Å². The molecule has 3 aromatic heterocycles. The molecule has 0 radical (unpaired) electrons. The third kappa shape index (κ3) is 3.58. The SMILES string of the molecule is CC(CO)n1cnnc1-c1cccc(N2CCc3ccc(-n4cnc(C5CC5)c4)cc3C2=O)n1. The van der Waals surface area contributed by atoms with Crippen molar-refractivity contribution in [3.8, 4) is 17.2 Å². The van der Waals surface area contributed by atoms with Crippen LogP contribution in [0.25, 0.3) is 17.2 Å². The number of rotatable bonds is 6. The highest BCUT2D eigenvalue weighted by molar-refractivity contribution is 6.08. The van der Waals surface area contributed by atoms with Gasteiger partial charge in [0.25, 0.3) is 5.91 Å². The maximum Gasteiger partial charge on any atom is 0.259 e. The highest BCUT2D eigenvalue weighted by Crippen LogP contribution is 2.39. The van der Waals surface area contributed by atoms with Crippen LogP contribution < -0.4 is 4.90 Å². The van der Waals surface area contributed by atoms with Crippen LogP contribution in [0.2, 0.25) is 0 Å². The third-order valence-electron chi connectivity index (χ3n) is 6.62. The minimum atomic E-state index is -0.180. The van der Waals surface area contributed by atoms with Gasteiger partial charge >= 0.3 is 0 Å². The second-order valence-corrected chi connectivity index (χ2v) is 9.00. The summed E-state index contributed by atoms with van der Waals surface area (Å²) in [4.78, 5) is 24.5. The molecule has 9 nitrogen and oxygen atoms in total. The van der Waals surface area contributed by atoms with Crippen LogP contribution in [0, 0.1) is 0 Å². The number of hydrogen-bond acceptors (Lipinski definition) is 6. The van der Waals surface area contributed by atoms with Gasteiger partial charge in [0.2, 0.25) is 0 Å². The monoisotopic (exact) mass is 455 g/mol. The number of fused-ring (bicyclic) bond motifs is 1. The van der Waals surface area contributed by atoms with Crippen LogP contribution in [-0.4, -0.2) is 53.5 Å². The molecular formula is C25H25N7O2. The van der Waals surface area contributed by atoms with Gasteiger partial charge in [-0.3, -0.25) is 9.69 Å². The van der Waals surface area contributed by atoms with Crippen molar-refractivity contribution in [2.24, 2.45) is 0 Å². The number of anilines is 1. The molecule has 1 saturated carbocycles. The van der Waals surface area contributed by atoms with Crippen molar-refractivity contribution in [1.82, 2.24) is 29.3 Å². The van der Waals surface area contributed by atoms with E-state index in [1.165, 1.54) is 12.8 Å². The summed E-state index contributed by atoms with van der Waals surface area (Å²) in [7, 11) is 0. The average molecular weight is 456 g/mol. The van der Waals surface area contributed by atoms with Crippen LogP contribution in [0.5, 0.6) is 0 Å². The Hall–Kier alpha value is -3.85. The van der Waals surface area contributed by atoms with Gasteiger partial charge in [-0.15, -0.1) is 10.2 Å². The lowest BCUT2D eigenvalue weighted by atomic mass is 9.98. The topological polar surface area (TPSA) is 102 Å². The molecule has 4 heterocycles. The Bertz CT molecular complexity index is 1370. The number of aliphatic hydroxyl groups is 1. The molecule has 0 bridgehead atoms. The van der Waals surface area contributed by atoms with Gasteiger partial charge in [-0.25, -0.2) is 9.97 Å². The summed E-state index contributed by atoms with van der Waals surface area (Å²) in [5, 5.41) is 17.7. The first-order chi connectivity index (χ1) is 16.6. The zero-order chi connectivity index (χ0) is 23.2. The van der Waals surface area contributed by atoms with Gasteiger partial charge in [-0.05, 0) is 56.0 Å². The Labute approximate surface area is 196 Å². The van der Waals surface area contributed by atoms with Crippen molar-refractivity contribution in [3.05, 3.63) is 72.1 Å². The van der Waals surface area contributed by atoms with Gasteiger partial charge < -0.3 is 14.2 Å². The van der Waals surface area contributed by atoms with E-state index in [2.05, 4.69) is 21.4 Å². The maximum atomic E-state index is 13.5. The Kier molecular flexibility index (Phi) is 4.99. The van der Waals surface area contributed by atoms with Crippen LogP contribution in [-0.2, 0) is 6.42 Å². The molecule has 0 saturated heterocycles. The molecule has 1 atom stereocenters. The van der Waals surface area contributed by atoms with Crippen LogP contribution in [0.15, 0.2) is 55.2 Å². The number of amides is 1. The lowest BCUT2D eigenvalue weighted by Gasteiger charge is -2.28. The summed E-state index contributed by atoms with van der Waals surface area (Å²) >= 11 is 0. The second kappa shape index (κ2) is 8.18. The van der Waals surface area contributed by atoms with Crippen LogP contribution in [0.1, 0.15) is 53.3 Å². The molecule has 1 fully saturated rings. The van der Waals surface area contributed by atoms with E-state index in [1.807, 2.05) is 54.2 Å². The lowest BCUT2D eigenvalue weighted by Crippen LogP contribution is -2.38. The molecule has 1 aliphatic carbocycles. The zero-order valence-corrected chi connectivity index (χ0v) is 18.9. The molecule has 1 unspecified atom stereocenters. The third-order valence-corrected chi connectivity index (χ3v) is 6.62. The van der Waals surface area contributed by atoms with Crippen molar-refractivity contribution in [2.45, 2.75) is 38.1 Å². The average Bonchev–Trinajstić information content (AvgIpc) is 3.39. The van der Waals surface area contributed by atoms with E-state index >= 15 is 0 Å². The first-order valence-corrected chi connectivity index (χ1v) is 11.6. The second-order valence-electron chi connectivity index (χ2n) is 9.00. The molecule has 9 heteroatoms. The molecule has 0 spiro atoms. The molecule has 1 amide bonds. The fourth-order valence-corrected chi connectivity index (χ4v) is 4.44. The minimum absolute atomic E-state index is 0.0342. The number of aliphatic hydroxyl groups excluding tert-OH is 1.